The van der Waals surface area contributed by atoms with Gasteiger partial charge >= 0.3 is 0 Å². The topological polar surface area (TPSA) is 66.6 Å². The predicted molar refractivity (Wildman–Crippen MR) is 90.8 cm³/mol. The number of amides is 2. The fourth-order valence-electron chi connectivity index (χ4n) is 2.89. The molecule has 0 bridgehead atoms. The van der Waals surface area contributed by atoms with Crippen molar-refractivity contribution in [2.24, 2.45) is 5.73 Å². The lowest BCUT2D eigenvalue weighted by atomic mass is 10.1. The molecule has 23 heavy (non-hydrogen) atoms. The van der Waals surface area contributed by atoms with Crippen molar-refractivity contribution in [3.63, 3.8) is 0 Å². The van der Waals surface area contributed by atoms with Gasteiger partial charge in [0, 0.05) is 32.6 Å². The van der Waals surface area contributed by atoms with Crippen molar-refractivity contribution in [3.05, 3.63) is 35.9 Å². The molecule has 1 heterocycles. The van der Waals surface area contributed by atoms with E-state index in [1.54, 1.807) is 9.80 Å². The molecule has 1 fully saturated rings. The second kappa shape index (κ2) is 9.30. The number of nitrogens with zero attached hydrogens (tertiary/aromatic N) is 2. The maximum atomic E-state index is 12.6. The summed E-state index contributed by atoms with van der Waals surface area (Å²) in [5.41, 5.74) is 6.85. The van der Waals surface area contributed by atoms with Crippen LogP contribution in [0.4, 0.5) is 0 Å². The molecule has 2 amide bonds. The number of carbonyl (C=O) groups excluding carboxylic acids is 2. The third-order valence-corrected chi connectivity index (χ3v) is 4.26. The second-order valence-electron chi connectivity index (χ2n) is 6.03. The summed E-state index contributed by atoms with van der Waals surface area (Å²) in [5.74, 6) is 0.105. The molecule has 5 nitrogen and oxygen atoms in total. The maximum absolute atomic E-state index is 12.6. The first kappa shape index (κ1) is 17.5. The molecule has 2 rings (SSSR count). The SMILES string of the molecule is NCCN(CCc1ccccc1)C(=O)CN1CCCCCC1=O. The van der Waals surface area contributed by atoms with E-state index in [-0.39, 0.29) is 18.4 Å². The third kappa shape index (κ3) is 5.67. The average molecular weight is 317 g/mol. The summed E-state index contributed by atoms with van der Waals surface area (Å²) in [6.07, 6.45) is 4.36. The Morgan fingerprint density at radius 1 is 1.13 bits per heavy atom. The highest BCUT2D eigenvalue weighted by Gasteiger charge is 2.22. The zero-order valence-corrected chi connectivity index (χ0v) is 13.7. The van der Waals surface area contributed by atoms with Crippen molar-refractivity contribution in [2.75, 3.05) is 32.7 Å². The molecule has 0 unspecified atom stereocenters. The van der Waals surface area contributed by atoms with E-state index in [2.05, 4.69) is 12.1 Å². The van der Waals surface area contributed by atoms with Crippen LogP contribution in [-0.2, 0) is 16.0 Å². The Hall–Kier alpha value is -1.88. The first-order chi connectivity index (χ1) is 11.2. The van der Waals surface area contributed by atoms with Gasteiger partial charge in [-0.3, -0.25) is 9.59 Å². The molecule has 0 atom stereocenters. The highest BCUT2D eigenvalue weighted by molar-refractivity contribution is 5.85. The Morgan fingerprint density at radius 2 is 1.91 bits per heavy atom. The van der Waals surface area contributed by atoms with Crippen LogP contribution in [-0.4, -0.2) is 54.3 Å². The van der Waals surface area contributed by atoms with E-state index in [4.69, 9.17) is 5.73 Å². The first-order valence-corrected chi connectivity index (χ1v) is 8.50. The summed E-state index contributed by atoms with van der Waals surface area (Å²) >= 11 is 0. The molecule has 0 aliphatic carbocycles. The Labute approximate surface area is 138 Å². The number of nitrogens with two attached hydrogens (primary N) is 1. The van der Waals surface area contributed by atoms with Crippen LogP contribution in [0.1, 0.15) is 31.2 Å². The molecule has 0 spiro atoms. The normalized spacial score (nSPS) is 15.3. The Bertz CT molecular complexity index is 504. The molecule has 0 radical (unpaired) electrons. The first-order valence-electron chi connectivity index (χ1n) is 8.50. The monoisotopic (exact) mass is 317 g/mol. The largest absolute Gasteiger partial charge is 0.340 e. The number of likely N-dealkylation sites (tertiary alicyclic amines) is 1. The van der Waals surface area contributed by atoms with E-state index in [0.717, 1.165) is 25.7 Å². The van der Waals surface area contributed by atoms with Crippen LogP contribution < -0.4 is 5.73 Å². The number of hydrogen-bond acceptors (Lipinski definition) is 3. The smallest absolute Gasteiger partial charge is 0.242 e. The van der Waals surface area contributed by atoms with Crippen LogP contribution in [0.15, 0.2) is 30.3 Å². The number of carbonyl (C=O) groups is 2. The lowest BCUT2D eigenvalue weighted by Crippen LogP contribution is -2.45. The van der Waals surface area contributed by atoms with Gasteiger partial charge in [-0.2, -0.15) is 0 Å². The Morgan fingerprint density at radius 3 is 2.65 bits per heavy atom. The Balaban J connectivity index is 1.90. The van der Waals surface area contributed by atoms with E-state index in [9.17, 15) is 9.59 Å². The van der Waals surface area contributed by atoms with E-state index in [0.29, 0.717) is 32.6 Å². The van der Waals surface area contributed by atoms with Crippen LogP contribution in [0.3, 0.4) is 0 Å². The third-order valence-electron chi connectivity index (χ3n) is 4.26. The number of rotatable bonds is 7. The highest BCUT2D eigenvalue weighted by Crippen LogP contribution is 2.11. The lowest BCUT2D eigenvalue weighted by molar-refractivity contribution is -0.140. The van der Waals surface area contributed by atoms with Gasteiger partial charge in [-0.1, -0.05) is 36.8 Å². The van der Waals surface area contributed by atoms with Gasteiger partial charge in [0.1, 0.15) is 0 Å². The fourth-order valence-corrected chi connectivity index (χ4v) is 2.89. The van der Waals surface area contributed by atoms with Gasteiger partial charge in [0.15, 0.2) is 0 Å². The zero-order chi connectivity index (χ0) is 16.5. The van der Waals surface area contributed by atoms with Crippen molar-refractivity contribution in [3.8, 4) is 0 Å². The zero-order valence-electron chi connectivity index (χ0n) is 13.7. The van der Waals surface area contributed by atoms with Crippen LogP contribution in [0, 0.1) is 0 Å². The van der Waals surface area contributed by atoms with Crippen LogP contribution in [0.25, 0.3) is 0 Å². The molecule has 2 N–H and O–H groups in total. The van der Waals surface area contributed by atoms with Gasteiger partial charge in [-0.05, 0) is 24.8 Å². The standard InChI is InChI=1S/C18H27N3O2/c19-11-14-20(13-10-16-7-3-1-4-8-16)18(23)15-21-12-6-2-5-9-17(21)22/h1,3-4,7-8H,2,5-6,9-15,19H2. The van der Waals surface area contributed by atoms with Gasteiger partial charge in [-0.15, -0.1) is 0 Å². The molecular weight excluding hydrogens is 290 g/mol. The lowest BCUT2D eigenvalue weighted by Gasteiger charge is -2.26. The van der Waals surface area contributed by atoms with Gasteiger partial charge in [-0.25, -0.2) is 0 Å². The van der Waals surface area contributed by atoms with E-state index in [1.807, 2.05) is 18.2 Å². The summed E-state index contributed by atoms with van der Waals surface area (Å²) in [4.78, 5) is 28.1. The maximum Gasteiger partial charge on any atom is 0.242 e. The molecule has 0 saturated carbocycles. The fraction of sp³-hybridized carbons (Fsp3) is 0.556. The Kier molecular flexibility index (Phi) is 7.07. The van der Waals surface area contributed by atoms with Crippen LogP contribution in [0.5, 0.6) is 0 Å². The molecule has 1 aromatic carbocycles. The average Bonchev–Trinajstić information content (AvgIpc) is 2.77. The summed E-state index contributed by atoms with van der Waals surface area (Å²) in [7, 11) is 0. The van der Waals surface area contributed by atoms with Gasteiger partial charge in [0.05, 0.1) is 6.54 Å². The van der Waals surface area contributed by atoms with Gasteiger partial charge < -0.3 is 15.5 Å². The van der Waals surface area contributed by atoms with Crippen LogP contribution >= 0.6 is 0 Å². The minimum absolute atomic E-state index is 0.00151. The van der Waals surface area contributed by atoms with E-state index >= 15 is 0 Å². The predicted octanol–water partition coefficient (Wildman–Crippen LogP) is 1.42. The molecule has 1 aliphatic rings. The summed E-state index contributed by atoms with van der Waals surface area (Å²) in [6, 6.07) is 10.1. The molecule has 1 aromatic rings. The van der Waals surface area contributed by atoms with Crippen molar-refractivity contribution >= 4 is 11.8 Å². The van der Waals surface area contributed by atoms with Crippen molar-refractivity contribution in [2.45, 2.75) is 32.1 Å². The molecule has 126 valence electrons. The minimum atomic E-state index is 0.00151. The van der Waals surface area contributed by atoms with E-state index in [1.165, 1.54) is 5.56 Å². The summed E-state index contributed by atoms with van der Waals surface area (Å²) < 4.78 is 0. The summed E-state index contributed by atoms with van der Waals surface area (Å²) in [6.45, 7) is 2.50. The molecule has 0 aromatic heterocycles. The summed E-state index contributed by atoms with van der Waals surface area (Å²) in [5, 5.41) is 0. The van der Waals surface area contributed by atoms with Crippen molar-refractivity contribution in [1.29, 1.82) is 0 Å². The highest BCUT2D eigenvalue weighted by atomic mass is 16.2. The second-order valence-corrected chi connectivity index (χ2v) is 6.03. The molecule has 1 saturated heterocycles. The molecular formula is C18H27N3O2. The van der Waals surface area contributed by atoms with E-state index < -0.39 is 0 Å². The van der Waals surface area contributed by atoms with Crippen molar-refractivity contribution < 1.29 is 9.59 Å². The molecule has 5 heteroatoms. The molecule has 1 aliphatic heterocycles. The quantitative estimate of drug-likeness (QED) is 0.827. The van der Waals surface area contributed by atoms with Crippen LogP contribution in [0.2, 0.25) is 0 Å². The number of hydrogen-bond donors (Lipinski definition) is 1. The van der Waals surface area contributed by atoms with Gasteiger partial charge in [0.25, 0.3) is 0 Å². The van der Waals surface area contributed by atoms with Gasteiger partial charge in [0.2, 0.25) is 11.8 Å². The van der Waals surface area contributed by atoms with Crippen molar-refractivity contribution in [1.82, 2.24) is 9.80 Å². The minimum Gasteiger partial charge on any atom is -0.340 e. The number of benzene rings is 1.